The minimum absolute atomic E-state index is 0.147. The lowest BCUT2D eigenvalue weighted by atomic mass is 9.57. The van der Waals surface area contributed by atoms with Gasteiger partial charge in [-0.2, -0.15) is 0 Å². The third-order valence-electron chi connectivity index (χ3n) is 8.46. The molecule has 2 aliphatic carbocycles. The van der Waals surface area contributed by atoms with Crippen LogP contribution >= 0.6 is 0 Å². The second-order valence-electron chi connectivity index (χ2n) is 10.3. The molecule has 2 unspecified atom stereocenters. The van der Waals surface area contributed by atoms with Crippen LogP contribution in [0.2, 0.25) is 0 Å². The van der Waals surface area contributed by atoms with Crippen molar-refractivity contribution in [3.8, 4) is 0 Å². The van der Waals surface area contributed by atoms with E-state index in [0.29, 0.717) is 30.3 Å². The summed E-state index contributed by atoms with van der Waals surface area (Å²) in [5, 5.41) is 11.8. The third-order valence-corrected chi connectivity index (χ3v) is 8.46. The number of ether oxygens (including phenoxy) is 2. The summed E-state index contributed by atoms with van der Waals surface area (Å²) >= 11 is 0. The van der Waals surface area contributed by atoms with Gasteiger partial charge in [0.2, 0.25) is 0 Å². The number of fused-ring (bicyclic) bond motifs is 3. The largest absolute Gasteiger partial charge is 0.458 e. The van der Waals surface area contributed by atoms with E-state index in [-0.39, 0.29) is 23.9 Å². The van der Waals surface area contributed by atoms with E-state index in [9.17, 15) is 9.90 Å². The average Bonchev–Trinajstić information content (AvgIpc) is 2.64. The molecule has 2 bridgehead atoms. The molecule has 29 heavy (non-hydrogen) atoms. The predicted molar refractivity (Wildman–Crippen MR) is 112 cm³/mol. The molecule has 164 valence electrons. The highest BCUT2D eigenvalue weighted by Crippen LogP contribution is 2.51. The van der Waals surface area contributed by atoms with Crippen LogP contribution in [0.25, 0.3) is 0 Å². The van der Waals surface area contributed by atoms with Gasteiger partial charge in [0.1, 0.15) is 6.10 Å². The van der Waals surface area contributed by atoms with Crippen molar-refractivity contribution in [2.45, 2.75) is 90.0 Å². The summed E-state index contributed by atoms with van der Waals surface area (Å²) in [4.78, 5) is 14.3. The van der Waals surface area contributed by atoms with Crippen LogP contribution in [0.3, 0.4) is 0 Å². The number of hydrogen-bond acceptors (Lipinski definition) is 5. The van der Waals surface area contributed by atoms with E-state index in [1.807, 2.05) is 0 Å². The summed E-state index contributed by atoms with van der Waals surface area (Å²) in [6.45, 7) is 10.9. The van der Waals surface area contributed by atoms with E-state index in [0.717, 1.165) is 38.2 Å². The smallest absolute Gasteiger partial charge is 0.303 e. The van der Waals surface area contributed by atoms with Crippen LogP contribution in [0.15, 0.2) is 11.6 Å². The quantitative estimate of drug-likeness (QED) is 0.573. The first-order chi connectivity index (χ1) is 13.8. The molecule has 1 N–H and O–H groups in total. The maximum absolute atomic E-state index is 11.8. The summed E-state index contributed by atoms with van der Waals surface area (Å²) < 4.78 is 11.4. The molecule has 1 saturated carbocycles. The van der Waals surface area contributed by atoms with Gasteiger partial charge in [0.15, 0.2) is 0 Å². The molecule has 0 amide bonds. The number of nitrogens with zero attached hydrogens (tertiary/aromatic N) is 1. The van der Waals surface area contributed by atoms with Gasteiger partial charge in [0, 0.05) is 37.9 Å². The Morgan fingerprint density at radius 2 is 2.00 bits per heavy atom. The average molecular weight is 406 g/mol. The number of morpholine rings is 1. The predicted octanol–water partition coefficient (Wildman–Crippen LogP) is 3.55. The Bertz CT molecular complexity index is 627. The fourth-order valence-corrected chi connectivity index (χ4v) is 6.68. The zero-order valence-corrected chi connectivity index (χ0v) is 18.6. The first-order valence-electron chi connectivity index (χ1n) is 11.7. The Kier molecular flexibility index (Phi) is 6.12. The highest BCUT2D eigenvalue weighted by molar-refractivity contribution is 5.66. The van der Waals surface area contributed by atoms with Crippen LogP contribution in [0, 0.1) is 23.7 Å². The van der Waals surface area contributed by atoms with Crippen molar-refractivity contribution >= 4 is 5.97 Å². The Morgan fingerprint density at radius 1 is 1.31 bits per heavy atom. The number of carbonyl (C=O) groups is 1. The normalized spacial score (nSPS) is 43.8. The van der Waals surface area contributed by atoms with Gasteiger partial charge in [-0.15, -0.1) is 0 Å². The molecule has 5 heteroatoms. The molecule has 4 rings (SSSR count). The molecule has 0 aromatic heterocycles. The summed E-state index contributed by atoms with van der Waals surface area (Å²) in [6, 6.07) is 1.15. The van der Waals surface area contributed by atoms with Crippen LogP contribution in [0.1, 0.15) is 66.2 Å². The van der Waals surface area contributed by atoms with Gasteiger partial charge in [-0.3, -0.25) is 9.69 Å². The van der Waals surface area contributed by atoms with Crippen LogP contribution in [0.5, 0.6) is 0 Å². The Labute approximate surface area is 175 Å². The van der Waals surface area contributed by atoms with Crippen molar-refractivity contribution in [2.24, 2.45) is 23.7 Å². The summed E-state index contributed by atoms with van der Waals surface area (Å²) in [6.07, 6.45) is 8.52. The van der Waals surface area contributed by atoms with E-state index < -0.39 is 5.60 Å². The SMILES string of the molecule is CC(=O)O[C@@H]1C[C@@]2(O)[C@H](C)CC[C@@H]([C@H](C)CN3C4CCCC3COC4)[C@H]2C=C1C. The highest BCUT2D eigenvalue weighted by Gasteiger charge is 2.53. The molecular weight excluding hydrogens is 366 g/mol. The maximum Gasteiger partial charge on any atom is 0.303 e. The van der Waals surface area contributed by atoms with Crippen molar-refractivity contribution in [2.75, 3.05) is 19.8 Å². The van der Waals surface area contributed by atoms with E-state index in [1.54, 1.807) is 0 Å². The third kappa shape index (κ3) is 4.03. The van der Waals surface area contributed by atoms with Crippen LogP contribution in [-0.4, -0.2) is 59.5 Å². The minimum Gasteiger partial charge on any atom is -0.458 e. The molecule has 2 heterocycles. The van der Waals surface area contributed by atoms with Crippen molar-refractivity contribution in [1.82, 2.24) is 4.90 Å². The molecule has 0 spiro atoms. The summed E-state index contributed by atoms with van der Waals surface area (Å²) in [5.74, 6) is 1.09. The zero-order valence-electron chi connectivity index (χ0n) is 18.6. The molecule has 0 aromatic carbocycles. The number of hydrogen-bond donors (Lipinski definition) is 1. The summed E-state index contributed by atoms with van der Waals surface area (Å²) in [5.41, 5.74) is 0.321. The van der Waals surface area contributed by atoms with Crippen LogP contribution in [0.4, 0.5) is 0 Å². The topological polar surface area (TPSA) is 59.0 Å². The lowest BCUT2D eigenvalue weighted by Gasteiger charge is -2.54. The van der Waals surface area contributed by atoms with Crippen molar-refractivity contribution in [3.05, 3.63) is 11.6 Å². The Hall–Kier alpha value is -0.910. The standard InChI is InChI=1S/C24H39NO4/c1-15-10-22-21(9-8-17(3)24(22,27)11-23(15)29-18(4)26)16(2)12-25-19-6-5-7-20(25)14-28-13-19/h10,16-17,19-23,27H,5-9,11-14H2,1-4H3/t16-,17-,19?,20?,21+,22-,23-,24-/m1/s1. The molecular formula is C24H39NO4. The van der Waals surface area contributed by atoms with Crippen molar-refractivity contribution in [1.29, 1.82) is 0 Å². The molecule has 2 saturated heterocycles. The van der Waals surface area contributed by atoms with E-state index in [4.69, 9.17) is 9.47 Å². The van der Waals surface area contributed by atoms with Crippen molar-refractivity contribution < 1.29 is 19.4 Å². The molecule has 3 fully saturated rings. The number of aliphatic hydroxyl groups is 1. The molecule has 8 atom stereocenters. The molecule has 0 radical (unpaired) electrons. The van der Waals surface area contributed by atoms with E-state index in [2.05, 4.69) is 31.7 Å². The number of esters is 1. The van der Waals surface area contributed by atoms with Crippen molar-refractivity contribution in [3.63, 3.8) is 0 Å². The Balaban J connectivity index is 1.53. The van der Waals surface area contributed by atoms with Gasteiger partial charge in [-0.1, -0.05) is 26.3 Å². The first-order valence-corrected chi connectivity index (χ1v) is 11.7. The maximum atomic E-state index is 11.8. The lowest BCUT2D eigenvalue weighted by Crippen LogP contribution is -2.59. The first kappa shape index (κ1) is 21.3. The number of carbonyl (C=O) groups excluding carboxylic acids is 1. The minimum atomic E-state index is -0.780. The molecule has 0 aromatic rings. The fourth-order valence-electron chi connectivity index (χ4n) is 6.68. The van der Waals surface area contributed by atoms with Crippen LogP contribution < -0.4 is 0 Å². The van der Waals surface area contributed by atoms with Gasteiger partial charge >= 0.3 is 5.97 Å². The molecule has 5 nitrogen and oxygen atoms in total. The zero-order chi connectivity index (χ0) is 20.8. The number of rotatable bonds is 4. The second-order valence-corrected chi connectivity index (χ2v) is 10.3. The molecule has 2 aliphatic heterocycles. The van der Waals surface area contributed by atoms with E-state index in [1.165, 1.54) is 26.2 Å². The van der Waals surface area contributed by atoms with Gasteiger partial charge in [-0.05, 0) is 55.9 Å². The van der Waals surface area contributed by atoms with Gasteiger partial charge < -0.3 is 14.6 Å². The van der Waals surface area contributed by atoms with Gasteiger partial charge in [0.05, 0.1) is 18.8 Å². The lowest BCUT2D eigenvalue weighted by molar-refractivity contribution is -0.160. The van der Waals surface area contributed by atoms with Gasteiger partial charge in [-0.25, -0.2) is 0 Å². The molecule has 4 aliphatic rings. The van der Waals surface area contributed by atoms with Crippen LogP contribution in [-0.2, 0) is 14.3 Å². The van der Waals surface area contributed by atoms with E-state index >= 15 is 0 Å². The Morgan fingerprint density at radius 3 is 2.66 bits per heavy atom. The summed E-state index contributed by atoms with van der Waals surface area (Å²) in [7, 11) is 0. The van der Waals surface area contributed by atoms with Gasteiger partial charge in [0.25, 0.3) is 0 Å². The highest BCUT2D eigenvalue weighted by atomic mass is 16.5. The second kappa shape index (κ2) is 8.32. The monoisotopic (exact) mass is 405 g/mol. The number of piperidine rings is 1. The fraction of sp³-hybridized carbons (Fsp3) is 0.875.